The van der Waals surface area contributed by atoms with Crippen LogP contribution in [0.15, 0.2) is 12.1 Å². The molecule has 0 N–H and O–H groups in total. The van der Waals surface area contributed by atoms with Gasteiger partial charge >= 0.3 is 0 Å². The molecule has 1 aromatic carbocycles. The zero-order chi connectivity index (χ0) is 15.1. The molecule has 3 rings (SSSR count). The third-order valence-corrected chi connectivity index (χ3v) is 4.60. The number of rotatable bonds is 3. The van der Waals surface area contributed by atoms with Crippen molar-refractivity contribution in [3.8, 4) is 0 Å². The van der Waals surface area contributed by atoms with Crippen molar-refractivity contribution in [3.05, 3.63) is 29.6 Å². The first kappa shape index (κ1) is 14.8. The van der Waals surface area contributed by atoms with Gasteiger partial charge in [0.15, 0.2) is 5.82 Å². The molecule has 2 nitrogen and oxygen atoms in total. The fourth-order valence-corrected chi connectivity index (χ4v) is 3.58. The van der Waals surface area contributed by atoms with Crippen LogP contribution in [0.3, 0.4) is 0 Å². The van der Waals surface area contributed by atoms with Gasteiger partial charge in [0.2, 0.25) is 0 Å². The monoisotopic (exact) mass is 312 g/mol. The average molecular weight is 313 g/mol. The summed E-state index contributed by atoms with van der Waals surface area (Å²) in [5.41, 5.74) is 0.722. The molecule has 3 unspecified atom stereocenters. The molecule has 1 aromatic heterocycles. The Kier molecular flexibility index (Phi) is 3.91. The second-order valence-electron chi connectivity index (χ2n) is 6.24. The molecular formula is C16H19ClF2N2. The van der Waals surface area contributed by atoms with Crippen LogP contribution in [0.5, 0.6) is 0 Å². The number of hydrogen-bond donors (Lipinski definition) is 0. The Morgan fingerprint density at radius 2 is 2.14 bits per heavy atom. The van der Waals surface area contributed by atoms with Gasteiger partial charge in [-0.3, -0.25) is 0 Å². The van der Waals surface area contributed by atoms with Crippen molar-refractivity contribution in [2.75, 3.05) is 0 Å². The van der Waals surface area contributed by atoms with Gasteiger partial charge in [-0.25, -0.2) is 13.8 Å². The highest BCUT2D eigenvalue weighted by molar-refractivity contribution is 6.20. The third kappa shape index (κ3) is 2.78. The van der Waals surface area contributed by atoms with E-state index in [-0.39, 0.29) is 10.9 Å². The lowest BCUT2D eigenvalue weighted by molar-refractivity contribution is 0.438. The topological polar surface area (TPSA) is 17.8 Å². The molecule has 0 saturated heterocycles. The molecule has 0 bridgehead atoms. The first-order valence-corrected chi connectivity index (χ1v) is 7.88. The molecule has 1 aliphatic carbocycles. The van der Waals surface area contributed by atoms with E-state index in [4.69, 9.17) is 11.6 Å². The van der Waals surface area contributed by atoms with Crippen molar-refractivity contribution in [2.24, 2.45) is 11.8 Å². The molecule has 0 radical (unpaired) electrons. The number of benzene rings is 1. The maximum Gasteiger partial charge on any atom is 0.153 e. The zero-order valence-corrected chi connectivity index (χ0v) is 13.0. The standard InChI is InChI=1S/C16H19ClF2N2/c1-9-3-4-11(5-9)8-21-14-7-12(18)6-13(19)15(14)20-16(21)10(2)17/h6-7,9-11H,3-5,8H2,1-2H3. The number of halogens is 3. The van der Waals surface area contributed by atoms with E-state index in [2.05, 4.69) is 11.9 Å². The van der Waals surface area contributed by atoms with Crippen molar-refractivity contribution in [1.82, 2.24) is 9.55 Å². The summed E-state index contributed by atoms with van der Waals surface area (Å²) < 4.78 is 29.4. The van der Waals surface area contributed by atoms with Gasteiger partial charge in [0.05, 0.1) is 10.9 Å². The lowest BCUT2D eigenvalue weighted by atomic mass is 10.1. The lowest BCUT2D eigenvalue weighted by Crippen LogP contribution is -2.11. The number of fused-ring (bicyclic) bond motifs is 1. The molecule has 1 saturated carbocycles. The molecule has 2 aromatic rings. The third-order valence-electron chi connectivity index (χ3n) is 4.40. The molecule has 114 valence electrons. The molecule has 3 atom stereocenters. The van der Waals surface area contributed by atoms with Gasteiger partial charge in [0.25, 0.3) is 0 Å². The van der Waals surface area contributed by atoms with Gasteiger partial charge in [0, 0.05) is 12.6 Å². The van der Waals surface area contributed by atoms with Crippen LogP contribution < -0.4 is 0 Å². The van der Waals surface area contributed by atoms with Gasteiger partial charge in [-0.2, -0.15) is 0 Å². The predicted octanol–water partition coefficient (Wildman–Crippen LogP) is 5.05. The first-order valence-electron chi connectivity index (χ1n) is 7.45. The van der Waals surface area contributed by atoms with E-state index in [9.17, 15) is 8.78 Å². The Morgan fingerprint density at radius 1 is 1.38 bits per heavy atom. The van der Waals surface area contributed by atoms with Gasteiger partial charge in [-0.1, -0.05) is 13.3 Å². The summed E-state index contributed by atoms with van der Waals surface area (Å²) in [5.74, 6) is 0.667. The van der Waals surface area contributed by atoms with Crippen LogP contribution in [-0.4, -0.2) is 9.55 Å². The summed E-state index contributed by atoms with van der Waals surface area (Å²) in [7, 11) is 0. The Hall–Kier alpha value is -1.16. The molecular weight excluding hydrogens is 294 g/mol. The number of aromatic nitrogens is 2. The van der Waals surface area contributed by atoms with Crippen molar-refractivity contribution in [1.29, 1.82) is 0 Å². The van der Waals surface area contributed by atoms with E-state index in [0.717, 1.165) is 31.4 Å². The summed E-state index contributed by atoms with van der Waals surface area (Å²) >= 11 is 6.19. The maximum absolute atomic E-state index is 13.9. The fourth-order valence-electron chi connectivity index (χ4n) is 3.41. The zero-order valence-electron chi connectivity index (χ0n) is 12.2. The van der Waals surface area contributed by atoms with Crippen LogP contribution in [0.25, 0.3) is 11.0 Å². The Balaban J connectivity index is 2.07. The quantitative estimate of drug-likeness (QED) is 0.725. The van der Waals surface area contributed by atoms with Gasteiger partial charge < -0.3 is 4.57 Å². The van der Waals surface area contributed by atoms with Gasteiger partial charge in [0.1, 0.15) is 17.2 Å². The maximum atomic E-state index is 13.9. The highest BCUT2D eigenvalue weighted by atomic mass is 35.5. The highest BCUT2D eigenvalue weighted by Crippen LogP contribution is 2.34. The van der Waals surface area contributed by atoms with Crippen LogP contribution in [0, 0.1) is 23.5 Å². The summed E-state index contributed by atoms with van der Waals surface area (Å²) in [6, 6.07) is 2.23. The van der Waals surface area contributed by atoms with Crippen molar-refractivity contribution < 1.29 is 8.78 Å². The van der Waals surface area contributed by atoms with E-state index in [1.807, 2.05) is 11.5 Å². The highest BCUT2D eigenvalue weighted by Gasteiger charge is 2.25. The van der Waals surface area contributed by atoms with Crippen molar-refractivity contribution >= 4 is 22.6 Å². The van der Waals surface area contributed by atoms with Crippen LogP contribution in [0.4, 0.5) is 8.78 Å². The molecule has 5 heteroatoms. The van der Waals surface area contributed by atoms with Crippen LogP contribution in [0.1, 0.15) is 44.3 Å². The molecule has 1 heterocycles. The van der Waals surface area contributed by atoms with Gasteiger partial charge in [-0.05, 0) is 37.7 Å². The van der Waals surface area contributed by atoms with E-state index >= 15 is 0 Å². The second kappa shape index (κ2) is 5.56. The summed E-state index contributed by atoms with van der Waals surface area (Å²) in [4.78, 5) is 4.30. The van der Waals surface area contributed by atoms with E-state index in [0.29, 0.717) is 17.3 Å². The second-order valence-corrected chi connectivity index (χ2v) is 6.89. The largest absolute Gasteiger partial charge is 0.326 e. The normalized spacial score (nSPS) is 23.9. The fraction of sp³-hybridized carbons (Fsp3) is 0.562. The Bertz CT molecular complexity index is 666. The van der Waals surface area contributed by atoms with Crippen molar-refractivity contribution in [3.63, 3.8) is 0 Å². The smallest absolute Gasteiger partial charge is 0.153 e. The van der Waals surface area contributed by atoms with Crippen LogP contribution >= 0.6 is 11.6 Å². The van der Waals surface area contributed by atoms with E-state index in [1.54, 1.807) is 0 Å². The number of alkyl halides is 1. The minimum Gasteiger partial charge on any atom is -0.326 e. The molecule has 0 amide bonds. The van der Waals surface area contributed by atoms with Crippen LogP contribution in [0.2, 0.25) is 0 Å². The Labute approximate surface area is 128 Å². The molecule has 21 heavy (non-hydrogen) atoms. The molecule has 0 spiro atoms. The van der Waals surface area contributed by atoms with Crippen molar-refractivity contribution in [2.45, 2.75) is 45.0 Å². The predicted molar refractivity (Wildman–Crippen MR) is 80.4 cm³/mol. The molecule has 1 fully saturated rings. The number of hydrogen-bond acceptors (Lipinski definition) is 1. The van der Waals surface area contributed by atoms with Crippen LogP contribution in [-0.2, 0) is 6.54 Å². The Morgan fingerprint density at radius 3 is 2.76 bits per heavy atom. The van der Waals surface area contributed by atoms with E-state index in [1.165, 1.54) is 12.5 Å². The number of imidazole rings is 1. The lowest BCUT2D eigenvalue weighted by Gasteiger charge is -2.15. The first-order chi connectivity index (χ1) is 9.95. The minimum absolute atomic E-state index is 0.213. The molecule has 1 aliphatic rings. The SMILES string of the molecule is CC1CCC(Cn2c(C(C)Cl)nc3c(F)cc(F)cc32)C1. The van der Waals surface area contributed by atoms with E-state index < -0.39 is 11.6 Å². The summed E-state index contributed by atoms with van der Waals surface area (Å²) in [5, 5.41) is -0.335. The molecule has 0 aliphatic heterocycles. The average Bonchev–Trinajstić information content (AvgIpc) is 2.95. The van der Waals surface area contributed by atoms with Gasteiger partial charge in [-0.15, -0.1) is 11.6 Å². The minimum atomic E-state index is -0.623. The number of nitrogens with zero attached hydrogens (tertiary/aromatic N) is 2. The summed E-state index contributed by atoms with van der Waals surface area (Å²) in [6.45, 7) is 4.79. The summed E-state index contributed by atoms with van der Waals surface area (Å²) in [6.07, 6.45) is 3.51.